The molecule has 1 saturated heterocycles. The normalized spacial score (nSPS) is 19.5. The summed E-state index contributed by atoms with van der Waals surface area (Å²) in [7, 11) is 0. The third-order valence-corrected chi connectivity index (χ3v) is 4.46. The number of urea groups is 1. The lowest BCUT2D eigenvalue weighted by Crippen LogP contribution is -2.44. The summed E-state index contributed by atoms with van der Waals surface area (Å²) in [5.74, 6) is 0.956. The largest absolute Gasteiger partial charge is 0.467 e. The Kier molecular flexibility index (Phi) is 7.59. The van der Waals surface area contributed by atoms with Crippen LogP contribution in [0.1, 0.15) is 51.4 Å². The maximum absolute atomic E-state index is 12.0. The van der Waals surface area contributed by atoms with Gasteiger partial charge in [-0.25, -0.2) is 4.79 Å². The number of furan rings is 1. The first-order chi connectivity index (χ1) is 11.5. The smallest absolute Gasteiger partial charge is 0.315 e. The fourth-order valence-corrected chi connectivity index (χ4v) is 3.18. The van der Waals surface area contributed by atoms with E-state index in [1.54, 1.807) is 12.1 Å². The molecule has 3 unspecified atom stereocenters. The van der Waals surface area contributed by atoms with Crippen LogP contribution < -0.4 is 10.6 Å². The van der Waals surface area contributed by atoms with Crippen molar-refractivity contribution in [1.29, 1.82) is 0 Å². The third-order valence-electron chi connectivity index (χ3n) is 4.46. The maximum Gasteiger partial charge on any atom is 0.315 e. The molecule has 136 valence electrons. The van der Waals surface area contributed by atoms with Gasteiger partial charge in [0.25, 0.3) is 0 Å². The molecule has 6 nitrogen and oxygen atoms in total. The zero-order chi connectivity index (χ0) is 17.4. The van der Waals surface area contributed by atoms with Crippen molar-refractivity contribution in [2.75, 3.05) is 26.2 Å². The summed E-state index contributed by atoms with van der Waals surface area (Å²) in [6.45, 7) is 8.10. The molecule has 24 heavy (non-hydrogen) atoms. The SMILES string of the molecule is CC(CNC(=O)NC(C)CC(O)c1ccco1)CN1CCCCC1. The van der Waals surface area contributed by atoms with E-state index in [0.717, 1.165) is 6.54 Å². The Morgan fingerprint density at radius 1 is 1.33 bits per heavy atom. The highest BCUT2D eigenvalue weighted by Gasteiger charge is 2.17. The molecular weight excluding hydrogens is 306 g/mol. The topological polar surface area (TPSA) is 77.7 Å². The zero-order valence-electron chi connectivity index (χ0n) is 14.8. The first kappa shape index (κ1) is 18.8. The van der Waals surface area contributed by atoms with Crippen LogP contribution in [0.15, 0.2) is 22.8 Å². The number of hydrogen-bond donors (Lipinski definition) is 3. The van der Waals surface area contributed by atoms with E-state index in [2.05, 4.69) is 22.5 Å². The molecule has 0 saturated carbocycles. The first-order valence-corrected chi connectivity index (χ1v) is 9.02. The van der Waals surface area contributed by atoms with Crippen LogP contribution in [0.3, 0.4) is 0 Å². The van der Waals surface area contributed by atoms with Crippen molar-refractivity contribution in [3.8, 4) is 0 Å². The lowest BCUT2D eigenvalue weighted by atomic mass is 10.1. The molecule has 0 aromatic carbocycles. The van der Waals surface area contributed by atoms with Crippen LogP contribution in [0.25, 0.3) is 0 Å². The minimum absolute atomic E-state index is 0.137. The standard InChI is InChI=1S/C18H31N3O3/c1-14(13-21-8-4-3-5-9-21)12-19-18(23)20-15(2)11-16(22)17-7-6-10-24-17/h6-7,10,14-16,22H,3-5,8-9,11-13H2,1-2H3,(H2,19,20,23). The van der Waals surface area contributed by atoms with E-state index in [-0.39, 0.29) is 12.1 Å². The number of nitrogens with zero attached hydrogens (tertiary/aromatic N) is 1. The van der Waals surface area contributed by atoms with Gasteiger partial charge in [0.15, 0.2) is 0 Å². The molecule has 1 aromatic heterocycles. The summed E-state index contributed by atoms with van der Waals surface area (Å²) in [5.41, 5.74) is 0. The molecule has 1 aliphatic rings. The lowest BCUT2D eigenvalue weighted by Gasteiger charge is -2.29. The Balaban J connectivity index is 1.61. The van der Waals surface area contributed by atoms with E-state index < -0.39 is 6.10 Å². The van der Waals surface area contributed by atoms with Gasteiger partial charge in [0, 0.05) is 25.6 Å². The van der Waals surface area contributed by atoms with Gasteiger partial charge in [-0.1, -0.05) is 13.3 Å². The molecule has 1 fully saturated rings. The van der Waals surface area contributed by atoms with E-state index in [1.165, 1.54) is 38.6 Å². The first-order valence-electron chi connectivity index (χ1n) is 9.02. The van der Waals surface area contributed by atoms with Crippen LogP contribution in [0.4, 0.5) is 4.79 Å². The van der Waals surface area contributed by atoms with Crippen LogP contribution in [-0.2, 0) is 0 Å². The van der Waals surface area contributed by atoms with Gasteiger partial charge in [-0.2, -0.15) is 0 Å². The molecule has 2 amide bonds. The highest BCUT2D eigenvalue weighted by Crippen LogP contribution is 2.18. The van der Waals surface area contributed by atoms with Crippen LogP contribution in [0.2, 0.25) is 0 Å². The molecule has 6 heteroatoms. The molecular formula is C18H31N3O3. The van der Waals surface area contributed by atoms with E-state index in [4.69, 9.17) is 4.42 Å². The Labute approximate surface area is 144 Å². The van der Waals surface area contributed by atoms with Crippen molar-refractivity contribution in [2.45, 2.75) is 51.7 Å². The highest BCUT2D eigenvalue weighted by molar-refractivity contribution is 5.74. The van der Waals surface area contributed by atoms with Crippen LogP contribution in [0, 0.1) is 5.92 Å². The number of rotatable bonds is 8. The summed E-state index contributed by atoms with van der Waals surface area (Å²) in [6, 6.07) is 3.16. The van der Waals surface area contributed by atoms with Crippen LogP contribution >= 0.6 is 0 Å². The van der Waals surface area contributed by atoms with Crippen LogP contribution in [0.5, 0.6) is 0 Å². The van der Waals surface area contributed by atoms with E-state index in [9.17, 15) is 9.90 Å². The van der Waals surface area contributed by atoms with Gasteiger partial charge in [-0.05, 0) is 50.9 Å². The summed E-state index contributed by atoms with van der Waals surface area (Å²) in [5, 5.41) is 15.8. The number of carbonyl (C=O) groups excluding carboxylic acids is 1. The second-order valence-electron chi connectivity index (χ2n) is 6.99. The Morgan fingerprint density at radius 3 is 2.75 bits per heavy atom. The van der Waals surface area contributed by atoms with Gasteiger partial charge in [0.2, 0.25) is 0 Å². The molecule has 1 aliphatic heterocycles. The van der Waals surface area contributed by atoms with E-state index in [0.29, 0.717) is 24.6 Å². The zero-order valence-corrected chi connectivity index (χ0v) is 14.8. The van der Waals surface area contributed by atoms with Gasteiger partial charge >= 0.3 is 6.03 Å². The number of amides is 2. The van der Waals surface area contributed by atoms with Gasteiger partial charge in [0.05, 0.1) is 6.26 Å². The predicted octanol–water partition coefficient (Wildman–Crippen LogP) is 2.51. The predicted molar refractivity (Wildman–Crippen MR) is 93.7 cm³/mol. The van der Waals surface area contributed by atoms with Crippen molar-refractivity contribution in [3.63, 3.8) is 0 Å². The van der Waals surface area contributed by atoms with E-state index >= 15 is 0 Å². The van der Waals surface area contributed by atoms with Crippen molar-refractivity contribution in [3.05, 3.63) is 24.2 Å². The van der Waals surface area contributed by atoms with Gasteiger partial charge in [-0.3, -0.25) is 0 Å². The molecule has 2 heterocycles. The van der Waals surface area contributed by atoms with Gasteiger partial charge in [0.1, 0.15) is 11.9 Å². The van der Waals surface area contributed by atoms with Gasteiger partial charge < -0.3 is 25.1 Å². The van der Waals surface area contributed by atoms with Crippen molar-refractivity contribution in [2.24, 2.45) is 5.92 Å². The minimum Gasteiger partial charge on any atom is -0.467 e. The second-order valence-corrected chi connectivity index (χ2v) is 6.99. The fraction of sp³-hybridized carbons (Fsp3) is 0.722. The van der Waals surface area contributed by atoms with Gasteiger partial charge in [-0.15, -0.1) is 0 Å². The van der Waals surface area contributed by atoms with E-state index in [1.807, 2.05) is 6.92 Å². The Morgan fingerprint density at radius 2 is 2.08 bits per heavy atom. The Hall–Kier alpha value is -1.53. The molecule has 0 radical (unpaired) electrons. The number of nitrogens with one attached hydrogen (secondary N) is 2. The highest BCUT2D eigenvalue weighted by atomic mass is 16.4. The Bertz CT molecular complexity index is 472. The van der Waals surface area contributed by atoms with Crippen molar-refractivity contribution >= 4 is 6.03 Å². The number of aliphatic hydroxyl groups is 1. The second kappa shape index (κ2) is 9.69. The summed E-state index contributed by atoms with van der Waals surface area (Å²) in [4.78, 5) is 14.5. The lowest BCUT2D eigenvalue weighted by molar-refractivity contribution is 0.129. The molecule has 0 spiro atoms. The van der Waals surface area contributed by atoms with Crippen LogP contribution in [-0.4, -0.2) is 48.3 Å². The summed E-state index contributed by atoms with van der Waals surface area (Å²) in [6.07, 6.45) is 5.17. The molecule has 3 atom stereocenters. The summed E-state index contributed by atoms with van der Waals surface area (Å²) < 4.78 is 5.17. The number of carbonyl (C=O) groups is 1. The average Bonchev–Trinajstić information content (AvgIpc) is 3.08. The summed E-state index contributed by atoms with van der Waals surface area (Å²) >= 11 is 0. The van der Waals surface area contributed by atoms with Crippen molar-refractivity contribution < 1.29 is 14.3 Å². The molecule has 1 aromatic rings. The maximum atomic E-state index is 12.0. The number of likely N-dealkylation sites (tertiary alicyclic amines) is 1. The fourth-order valence-electron chi connectivity index (χ4n) is 3.18. The van der Waals surface area contributed by atoms with Crippen molar-refractivity contribution in [1.82, 2.24) is 15.5 Å². The number of hydrogen-bond acceptors (Lipinski definition) is 4. The number of piperidine rings is 1. The molecule has 0 aliphatic carbocycles. The monoisotopic (exact) mass is 337 g/mol. The quantitative estimate of drug-likeness (QED) is 0.681. The number of aliphatic hydroxyl groups excluding tert-OH is 1. The molecule has 0 bridgehead atoms. The molecule has 2 rings (SSSR count). The third kappa shape index (κ3) is 6.53. The average molecular weight is 337 g/mol. The minimum atomic E-state index is -0.701. The molecule has 3 N–H and O–H groups in total.